The molecule has 0 bridgehead atoms. The molecule has 3 aromatic rings. The van der Waals surface area contributed by atoms with Crippen LogP contribution in [0.25, 0.3) is 0 Å². The predicted octanol–water partition coefficient (Wildman–Crippen LogP) is 4.30. The fourth-order valence-electron chi connectivity index (χ4n) is 3.90. The molecule has 1 aliphatic rings. The van der Waals surface area contributed by atoms with E-state index in [9.17, 15) is 14.0 Å². The van der Waals surface area contributed by atoms with Crippen molar-refractivity contribution in [2.45, 2.75) is 32.2 Å². The molecule has 0 radical (unpaired) electrons. The Balaban J connectivity index is 1.50. The number of likely N-dealkylation sites (tertiary alicyclic amines) is 1. The lowest BCUT2D eigenvalue weighted by Gasteiger charge is -2.19. The van der Waals surface area contributed by atoms with E-state index in [1.54, 1.807) is 16.5 Å². The van der Waals surface area contributed by atoms with Crippen molar-refractivity contribution in [3.05, 3.63) is 76.5 Å². The Kier molecular flexibility index (Phi) is 7.24. The number of benzene rings is 1. The van der Waals surface area contributed by atoms with Crippen LogP contribution in [-0.4, -0.2) is 44.6 Å². The number of nitrogens with zero attached hydrogens (tertiary/aromatic N) is 4. The lowest BCUT2D eigenvalue weighted by Crippen LogP contribution is -2.30. The van der Waals surface area contributed by atoms with E-state index in [-0.39, 0.29) is 28.5 Å². The number of aromatic nitrogens is 3. The third-order valence-electron chi connectivity index (χ3n) is 5.65. The van der Waals surface area contributed by atoms with Crippen LogP contribution in [0.2, 0.25) is 5.02 Å². The first kappa shape index (κ1) is 23.5. The molecule has 0 aliphatic carbocycles. The second-order valence-electron chi connectivity index (χ2n) is 8.00. The molecule has 1 atom stereocenters. The zero-order valence-corrected chi connectivity index (χ0v) is 19.3. The summed E-state index contributed by atoms with van der Waals surface area (Å²) >= 11 is 6.27. The first-order valence-electron chi connectivity index (χ1n) is 10.9. The summed E-state index contributed by atoms with van der Waals surface area (Å²) in [7, 11) is 0. The molecule has 1 N–H and O–H groups in total. The molecule has 2 aromatic heterocycles. The molecule has 34 heavy (non-hydrogen) atoms. The maximum atomic E-state index is 14.7. The SMILES string of the molecule is CC(=O)N1CCCC(n2ncc(Cl)c2C(=O)Nc2ncc(C#Cc3ccccc3)cc2F)CC1. The van der Waals surface area contributed by atoms with Crippen molar-refractivity contribution in [2.75, 3.05) is 18.4 Å². The third-order valence-corrected chi connectivity index (χ3v) is 5.93. The number of halogens is 2. The van der Waals surface area contributed by atoms with Gasteiger partial charge < -0.3 is 10.2 Å². The monoisotopic (exact) mass is 479 g/mol. The summed E-state index contributed by atoms with van der Waals surface area (Å²) in [5.74, 6) is 4.29. The molecular weight excluding hydrogens is 457 g/mol. The topological polar surface area (TPSA) is 80.1 Å². The van der Waals surface area contributed by atoms with Crippen molar-refractivity contribution in [1.29, 1.82) is 0 Å². The standard InChI is InChI=1S/C25H23ClFN5O2/c1-17(33)31-12-5-8-20(11-13-31)32-23(21(26)16-29-32)25(34)30-24-22(27)14-19(15-28-24)10-9-18-6-3-2-4-7-18/h2-4,6-7,14-16,20H,5,8,11-13H2,1H3,(H,28,30,34). The van der Waals surface area contributed by atoms with Gasteiger partial charge in [-0.15, -0.1) is 0 Å². The van der Waals surface area contributed by atoms with Gasteiger partial charge in [-0.3, -0.25) is 14.3 Å². The molecule has 1 unspecified atom stereocenters. The van der Waals surface area contributed by atoms with Gasteiger partial charge in [-0.1, -0.05) is 41.6 Å². The summed E-state index contributed by atoms with van der Waals surface area (Å²) < 4.78 is 16.2. The van der Waals surface area contributed by atoms with Crippen molar-refractivity contribution in [3.8, 4) is 11.8 Å². The van der Waals surface area contributed by atoms with Gasteiger partial charge in [0.05, 0.1) is 17.3 Å². The van der Waals surface area contributed by atoms with Gasteiger partial charge in [0.1, 0.15) is 5.69 Å². The first-order valence-corrected chi connectivity index (χ1v) is 11.3. The van der Waals surface area contributed by atoms with E-state index in [0.717, 1.165) is 18.4 Å². The molecule has 0 spiro atoms. The van der Waals surface area contributed by atoms with Crippen LogP contribution >= 0.6 is 11.6 Å². The molecule has 9 heteroatoms. The third kappa shape index (κ3) is 5.43. The fraction of sp³-hybridized carbons (Fsp3) is 0.280. The maximum absolute atomic E-state index is 14.7. The highest BCUT2D eigenvalue weighted by atomic mass is 35.5. The predicted molar refractivity (Wildman–Crippen MR) is 127 cm³/mol. The Labute approximate surface area is 201 Å². The number of anilines is 1. The number of carbonyl (C=O) groups excluding carboxylic acids is 2. The second-order valence-corrected chi connectivity index (χ2v) is 8.41. The number of rotatable bonds is 3. The van der Waals surface area contributed by atoms with E-state index in [1.165, 1.54) is 18.5 Å². The minimum Gasteiger partial charge on any atom is -0.343 e. The van der Waals surface area contributed by atoms with Gasteiger partial charge in [0, 0.05) is 37.3 Å². The van der Waals surface area contributed by atoms with Gasteiger partial charge >= 0.3 is 0 Å². The molecule has 174 valence electrons. The van der Waals surface area contributed by atoms with Crippen molar-refractivity contribution >= 4 is 29.2 Å². The van der Waals surface area contributed by atoms with E-state index in [0.29, 0.717) is 25.1 Å². The van der Waals surface area contributed by atoms with Crippen LogP contribution < -0.4 is 5.32 Å². The number of nitrogens with one attached hydrogen (secondary N) is 1. The summed E-state index contributed by atoms with van der Waals surface area (Å²) in [5, 5.41) is 6.95. The average molecular weight is 480 g/mol. The Hall–Kier alpha value is -3.70. The molecular formula is C25H23ClFN5O2. The highest BCUT2D eigenvalue weighted by molar-refractivity contribution is 6.34. The smallest absolute Gasteiger partial charge is 0.276 e. The van der Waals surface area contributed by atoms with Crippen LogP contribution in [0, 0.1) is 17.7 Å². The van der Waals surface area contributed by atoms with Gasteiger partial charge in [0.2, 0.25) is 5.91 Å². The van der Waals surface area contributed by atoms with Gasteiger partial charge in [-0.05, 0) is 37.5 Å². The van der Waals surface area contributed by atoms with E-state index >= 15 is 0 Å². The van der Waals surface area contributed by atoms with E-state index in [2.05, 4.69) is 27.2 Å². The zero-order valence-electron chi connectivity index (χ0n) is 18.6. The van der Waals surface area contributed by atoms with Crippen molar-refractivity contribution < 1.29 is 14.0 Å². The number of hydrogen-bond acceptors (Lipinski definition) is 4. The van der Waals surface area contributed by atoms with Crippen LogP contribution in [0.1, 0.15) is 53.8 Å². The molecule has 3 heterocycles. The minimum atomic E-state index is -0.707. The molecule has 1 fully saturated rings. The lowest BCUT2D eigenvalue weighted by atomic mass is 10.1. The normalized spacial score (nSPS) is 15.7. The van der Waals surface area contributed by atoms with Crippen LogP contribution in [0.15, 0.2) is 48.8 Å². The summed E-state index contributed by atoms with van der Waals surface area (Å²) in [6.07, 6.45) is 4.96. The zero-order chi connectivity index (χ0) is 24.1. The Morgan fingerprint density at radius 1 is 1.12 bits per heavy atom. The van der Waals surface area contributed by atoms with E-state index in [4.69, 9.17) is 11.6 Å². The van der Waals surface area contributed by atoms with Crippen molar-refractivity contribution in [3.63, 3.8) is 0 Å². The van der Waals surface area contributed by atoms with Gasteiger partial charge in [-0.25, -0.2) is 9.37 Å². The molecule has 4 rings (SSSR count). The molecule has 2 amide bonds. The second kappa shape index (κ2) is 10.5. The quantitative estimate of drug-likeness (QED) is 0.568. The van der Waals surface area contributed by atoms with Gasteiger partial charge in [0.15, 0.2) is 11.6 Å². The molecule has 7 nitrogen and oxygen atoms in total. The number of pyridine rings is 1. The minimum absolute atomic E-state index is 0.0237. The van der Waals surface area contributed by atoms with Crippen LogP contribution in [0.5, 0.6) is 0 Å². The molecule has 0 saturated carbocycles. The van der Waals surface area contributed by atoms with Crippen molar-refractivity contribution in [1.82, 2.24) is 19.7 Å². The summed E-state index contributed by atoms with van der Waals surface area (Å²) in [6, 6.07) is 10.4. The Morgan fingerprint density at radius 2 is 1.88 bits per heavy atom. The summed E-state index contributed by atoms with van der Waals surface area (Å²) in [4.78, 5) is 30.5. The van der Waals surface area contributed by atoms with Gasteiger partial charge in [-0.2, -0.15) is 5.10 Å². The average Bonchev–Trinajstić information content (AvgIpc) is 3.04. The number of carbonyl (C=O) groups is 2. The summed E-state index contributed by atoms with van der Waals surface area (Å²) in [5.41, 5.74) is 1.32. The summed E-state index contributed by atoms with van der Waals surface area (Å²) in [6.45, 7) is 2.78. The van der Waals surface area contributed by atoms with Crippen LogP contribution in [-0.2, 0) is 4.79 Å². The highest BCUT2D eigenvalue weighted by Gasteiger charge is 2.26. The highest BCUT2D eigenvalue weighted by Crippen LogP contribution is 2.27. The maximum Gasteiger partial charge on any atom is 0.276 e. The van der Waals surface area contributed by atoms with Crippen LogP contribution in [0.4, 0.5) is 10.2 Å². The van der Waals surface area contributed by atoms with Crippen LogP contribution in [0.3, 0.4) is 0 Å². The molecule has 1 aromatic carbocycles. The van der Waals surface area contributed by atoms with E-state index < -0.39 is 11.7 Å². The molecule has 1 saturated heterocycles. The lowest BCUT2D eigenvalue weighted by molar-refractivity contribution is -0.128. The molecule has 1 aliphatic heterocycles. The Bertz CT molecular complexity index is 1270. The fourth-order valence-corrected chi connectivity index (χ4v) is 4.12. The van der Waals surface area contributed by atoms with E-state index in [1.807, 2.05) is 30.3 Å². The largest absolute Gasteiger partial charge is 0.343 e. The van der Waals surface area contributed by atoms with Gasteiger partial charge in [0.25, 0.3) is 5.91 Å². The van der Waals surface area contributed by atoms with Crippen molar-refractivity contribution in [2.24, 2.45) is 0 Å². The number of amides is 2. The number of hydrogen-bond donors (Lipinski definition) is 1. The first-order chi connectivity index (χ1) is 16.4. The Morgan fingerprint density at radius 3 is 2.62 bits per heavy atom.